The van der Waals surface area contributed by atoms with E-state index in [-0.39, 0.29) is 37.5 Å². The average Bonchev–Trinajstić information content (AvgIpc) is 3.28. The highest BCUT2D eigenvalue weighted by atomic mass is 16.6. The molecule has 63 heavy (non-hydrogen) atoms. The maximum atomic E-state index is 12.8. The van der Waals surface area contributed by atoms with Crippen molar-refractivity contribution >= 4 is 17.9 Å². The summed E-state index contributed by atoms with van der Waals surface area (Å²) in [5, 5.41) is 0. The summed E-state index contributed by atoms with van der Waals surface area (Å²) in [6.45, 7) is 6.48. The number of rotatable bonds is 48. The lowest BCUT2D eigenvalue weighted by molar-refractivity contribution is -0.167. The molecule has 0 saturated heterocycles. The second kappa shape index (κ2) is 51.7. The minimum atomic E-state index is -0.792. The largest absolute Gasteiger partial charge is 0.462 e. The number of unbranched alkanes of at least 4 members (excludes halogenated alkanes) is 31. The summed E-state index contributed by atoms with van der Waals surface area (Å²) < 4.78 is 16.8. The first kappa shape index (κ1) is 60.1. The molecule has 0 aromatic rings. The van der Waals surface area contributed by atoms with E-state index in [4.69, 9.17) is 14.2 Å². The van der Waals surface area contributed by atoms with Crippen molar-refractivity contribution < 1.29 is 28.6 Å². The van der Waals surface area contributed by atoms with Gasteiger partial charge in [0.15, 0.2) is 6.10 Å². The van der Waals surface area contributed by atoms with Crippen LogP contribution in [0.1, 0.15) is 265 Å². The van der Waals surface area contributed by atoms with E-state index < -0.39 is 6.10 Å². The zero-order chi connectivity index (χ0) is 45.8. The van der Waals surface area contributed by atoms with E-state index in [2.05, 4.69) is 32.9 Å². The van der Waals surface area contributed by atoms with Gasteiger partial charge in [-0.25, -0.2) is 0 Å². The predicted molar refractivity (Wildman–Crippen MR) is 270 cm³/mol. The fourth-order valence-electron chi connectivity index (χ4n) is 7.64. The number of hydrogen-bond donors (Lipinski definition) is 0. The summed E-state index contributed by atoms with van der Waals surface area (Å²) in [5.74, 6) is -0.920. The predicted octanol–water partition coefficient (Wildman–Crippen LogP) is 17.6. The van der Waals surface area contributed by atoms with Crippen molar-refractivity contribution in [3.8, 4) is 0 Å². The standard InChI is InChI=1S/C57H100O6/c1-4-7-10-13-16-19-22-25-27-28-30-32-35-38-41-44-47-50-56(59)62-53-54(52-61-55(58)49-46-43-40-37-34-31-24-21-18-15-12-9-6-3)63-57(60)51-48-45-42-39-36-33-29-26-23-20-17-14-11-8-5-2/h8,11,14,17,20,23,26,29,33,36,54H,4-7,9-10,12-13,15-16,18-19,21-22,24-25,27-28,30-32,34-35,37-53H2,1-3H3/b11-8-,17-14-,23-20-,29-26-,36-33-. The summed E-state index contributed by atoms with van der Waals surface area (Å²) in [4.78, 5) is 38.0. The molecule has 0 aliphatic rings. The molecule has 0 aliphatic carbocycles. The van der Waals surface area contributed by atoms with Crippen LogP contribution in [0.2, 0.25) is 0 Å². The summed E-state index contributed by atoms with van der Waals surface area (Å²) in [6, 6.07) is 0. The molecule has 6 nitrogen and oxygen atoms in total. The minimum absolute atomic E-state index is 0.0880. The van der Waals surface area contributed by atoms with Gasteiger partial charge in [0.05, 0.1) is 0 Å². The van der Waals surface area contributed by atoms with Crippen molar-refractivity contribution in [1.29, 1.82) is 0 Å². The highest BCUT2D eigenvalue weighted by molar-refractivity contribution is 5.71. The molecule has 0 aliphatic heterocycles. The number of ether oxygens (including phenoxy) is 3. The second-order valence-electron chi connectivity index (χ2n) is 17.9. The van der Waals surface area contributed by atoms with E-state index in [1.54, 1.807) is 0 Å². The summed E-state index contributed by atoms with van der Waals surface area (Å²) in [5.41, 5.74) is 0. The number of hydrogen-bond acceptors (Lipinski definition) is 6. The Kier molecular flexibility index (Phi) is 49.4. The Morgan fingerprint density at radius 3 is 0.968 bits per heavy atom. The van der Waals surface area contributed by atoms with Crippen LogP contribution in [-0.2, 0) is 28.6 Å². The van der Waals surface area contributed by atoms with Gasteiger partial charge in [-0.05, 0) is 38.5 Å². The maximum absolute atomic E-state index is 12.8. The molecule has 1 unspecified atom stereocenters. The minimum Gasteiger partial charge on any atom is -0.462 e. The molecule has 0 radical (unpaired) electrons. The van der Waals surface area contributed by atoms with Crippen LogP contribution in [0.15, 0.2) is 60.8 Å². The van der Waals surface area contributed by atoms with Gasteiger partial charge in [0.2, 0.25) is 0 Å². The fraction of sp³-hybridized carbons (Fsp3) is 0.772. The van der Waals surface area contributed by atoms with Crippen molar-refractivity contribution in [2.75, 3.05) is 13.2 Å². The first-order valence-corrected chi connectivity index (χ1v) is 26.9. The van der Waals surface area contributed by atoms with Gasteiger partial charge in [-0.2, -0.15) is 0 Å². The Hall–Kier alpha value is -2.89. The Balaban J connectivity index is 4.41. The fourth-order valence-corrected chi connectivity index (χ4v) is 7.64. The quantitative estimate of drug-likeness (QED) is 0.0262. The summed E-state index contributed by atoms with van der Waals surface area (Å²) >= 11 is 0. The topological polar surface area (TPSA) is 78.9 Å². The average molecular weight is 881 g/mol. The zero-order valence-corrected chi connectivity index (χ0v) is 41.6. The zero-order valence-electron chi connectivity index (χ0n) is 41.6. The molecule has 0 saturated carbocycles. The van der Waals surface area contributed by atoms with Gasteiger partial charge in [-0.1, -0.05) is 268 Å². The van der Waals surface area contributed by atoms with Crippen LogP contribution in [0.3, 0.4) is 0 Å². The van der Waals surface area contributed by atoms with E-state index in [0.29, 0.717) is 19.3 Å². The van der Waals surface area contributed by atoms with Crippen LogP contribution in [-0.4, -0.2) is 37.2 Å². The van der Waals surface area contributed by atoms with Crippen molar-refractivity contribution in [3.05, 3.63) is 60.8 Å². The third-order valence-corrected chi connectivity index (χ3v) is 11.7. The Morgan fingerprint density at radius 1 is 0.333 bits per heavy atom. The lowest BCUT2D eigenvalue weighted by atomic mass is 10.0. The first-order chi connectivity index (χ1) is 31.0. The van der Waals surface area contributed by atoms with Crippen LogP contribution < -0.4 is 0 Å². The van der Waals surface area contributed by atoms with Crippen molar-refractivity contribution in [2.24, 2.45) is 0 Å². The molecule has 0 fully saturated rings. The van der Waals surface area contributed by atoms with Gasteiger partial charge in [0, 0.05) is 19.3 Å². The molecular weight excluding hydrogens is 781 g/mol. The Bertz CT molecular complexity index is 1150. The molecule has 0 spiro atoms. The number of allylic oxidation sites excluding steroid dienone is 10. The molecule has 0 amide bonds. The van der Waals surface area contributed by atoms with Gasteiger partial charge in [-0.3, -0.25) is 14.4 Å². The van der Waals surface area contributed by atoms with Crippen LogP contribution in [0.25, 0.3) is 0 Å². The summed E-state index contributed by atoms with van der Waals surface area (Å²) in [6.07, 6.45) is 63.5. The van der Waals surface area contributed by atoms with Gasteiger partial charge in [0.25, 0.3) is 0 Å². The molecule has 0 N–H and O–H groups in total. The molecule has 1 atom stereocenters. The van der Waals surface area contributed by atoms with Crippen molar-refractivity contribution in [1.82, 2.24) is 0 Å². The second-order valence-corrected chi connectivity index (χ2v) is 17.9. The number of carbonyl (C=O) groups is 3. The molecule has 364 valence electrons. The highest BCUT2D eigenvalue weighted by Crippen LogP contribution is 2.16. The molecule has 0 aromatic carbocycles. The maximum Gasteiger partial charge on any atom is 0.306 e. The van der Waals surface area contributed by atoms with Gasteiger partial charge in [-0.15, -0.1) is 0 Å². The monoisotopic (exact) mass is 881 g/mol. The molecule has 0 bridgehead atoms. The smallest absolute Gasteiger partial charge is 0.306 e. The SMILES string of the molecule is CC\C=C/C=C\C=C/C=C\C=C/CCCCCC(=O)OC(COC(=O)CCCCCCCCCCCCCCC)COC(=O)CCCCCCCCCCCCCCCCCCC. The van der Waals surface area contributed by atoms with Crippen molar-refractivity contribution in [2.45, 2.75) is 271 Å². The van der Waals surface area contributed by atoms with Gasteiger partial charge < -0.3 is 14.2 Å². The summed E-state index contributed by atoms with van der Waals surface area (Å²) in [7, 11) is 0. The van der Waals surface area contributed by atoms with Crippen LogP contribution >= 0.6 is 0 Å². The van der Waals surface area contributed by atoms with Crippen LogP contribution in [0.5, 0.6) is 0 Å². The van der Waals surface area contributed by atoms with E-state index in [1.807, 2.05) is 48.6 Å². The lowest BCUT2D eigenvalue weighted by Crippen LogP contribution is -2.30. The van der Waals surface area contributed by atoms with E-state index in [0.717, 1.165) is 64.2 Å². The number of esters is 3. The molecule has 0 heterocycles. The Labute approximate surface area is 390 Å². The first-order valence-electron chi connectivity index (χ1n) is 26.9. The van der Waals surface area contributed by atoms with Gasteiger partial charge in [0.1, 0.15) is 13.2 Å². The van der Waals surface area contributed by atoms with E-state index >= 15 is 0 Å². The highest BCUT2D eigenvalue weighted by Gasteiger charge is 2.19. The number of carbonyl (C=O) groups excluding carboxylic acids is 3. The normalized spacial score (nSPS) is 12.5. The van der Waals surface area contributed by atoms with Crippen LogP contribution in [0.4, 0.5) is 0 Å². The Morgan fingerprint density at radius 2 is 0.619 bits per heavy atom. The van der Waals surface area contributed by atoms with Crippen molar-refractivity contribution in [3.63, 3.8) is 0 Å². The third-order valence-electron chi connectivity index (χ3n) is 11.7. The van der Waals surface area contributed by atoms with Crippen LogP contribution in [0, 0.1) is 0 Å². The molecule has 0 rings (SSSR count). The molecule has 0 aromatic heterocycles. The molecule has 6 heteroatoms. The van der Waals surface area contributed by atoms with E-state index in [1.165, 1.54) is 154 Å². The molecular formula is C57H100O6. The third kappa shape index (κ3) is 50.0. The van der Waals surface area contributed by atoms with Gasteiger partial charge >= 0.3 is 17.9 Å². The van der Waals surface area contributed by atoms with E-state index in [9.17, 15) is 14.4 Å². The lowest BCUT2D eigenvalue weighted by Gasteiger charge is -2.18.